The number of nitrogens with zero attached hydrogens (tertiary/aromatic N) is 2. The molecule has 0 amide bonds. The molecule has 21 heavy (non-hydrogen) atoms. The highest BCUT2D eigenvalue weighted by molar-refractivity contribution is 5.85. The largest absolute Gasteiger partial charge is 0.391 e. The summed E-state index contributed by atoms with van der Waals surface area (Å²) in [4.78, 5) is 6.90. The summed E-state index contributed by atoms with van der Waals surface area (Å²) < 4.78 is 0. The molecule has 3 N–H and O–H groups in total. The molecule has 0 saturated carbocycles. The zero-order valence-corrected chi connectivity index (χ0v) is 13.1. The fourth-order valence-corrected chi connectivity index (χ4v) is 2.98. The minimum Gasteiger partial charge on any atom is -0.391 e. The van der Waals surface area contributed by atoms with Crippen LogP contribution in [-0.2, 0) is 6.54 Å². The summed E-state index contributed by atoms with van der Waals surface area (Å²) in [6.45, 7) is 5.56. The van der Waals surface area contributed by atoms with Gasteiger partial charge >= 0.3 is 0 Å². The van der Waals surface area contributed by atoms with E-state index >= 15 is 0 Å². The molecule has 1 aromatic rings. The third kappa shape index (κ3) is 4.30. The van der Waals surface area contributed by atoms with Crippen LogP contribution in [0.2, 0.25) is 0 Å². The maximum Gasteiger partial charge on any atom is 0.128 e. The van der Waals surface area contributed by atoms with Gasteiger partial charge in [0.1, 0.15) is 5.82 Å². The van der Waals surface area contributed by atoms with E-state index in [4.69, 9.17) is 0 Å². The lowest BCUT2D eigenvalue weighted by Crippen LogP contribution is -2.30. The van der Waals surface area contributed by atoms with Crippen LogP contribution in [0.1, 0.15) is 18.4 Å². The first kappa shape index (κ1) is 16.5. The Morgan fingerprint density at radius 2 is 2.10 bits per heavy atom. The van der Waals surface area contributed by atoms with Crippen molar-refractivity contribution >= 4 is 18.2 Å². The molecular weight excluding hydrogens is 288 g/mol. The molecule has 0 aliphatic carbocycles. The highest BCUT2D eigenvalue weighted by Crippen LogP contribution is 2.17. The quantitative estimate of drug-likeness (QED) is 0.750. The zero-order valence-electron chi connectivity index (χ0n) is 12.3. The number of hydrogen-bond acceptors (Lipinski definition) is 5. The molecule has 118 valence electrons. The number of aliphatic hydroxyl groups is 1. The van der Waals surface area contributed by atoms with Crippen LogP contribution < -0.4 is 15.5 Å². The first-order chi connectivity index (χ1) is 9.83. The second-order valence-corrected chi connectivity index (χ2v) is 5.84. The Hall–Kier alpha value is -0.880. The minimum absolute atomic E-state index is 0. The highest BCUT2D eigenvalue weighted by atomic mass is 35.5. The van der Waals surface area contributed by atoms with Crippen LogP contribution in [0.15, 0.2) is 18.3 Å². The van der Waals surface area contributed by atoms with Gasteiger partial charge in [-0.05, 0) is 24.5 Å². The van der Waals surface area contributed by atoms with Crippen molar-refractivity contribution in [2.75, 3.05) is 37.6 Å². The van der Waals surface area contributed by atoms with E-state index in [9.17, 15) is 5.11 Å². The maximum absolute atomic E-state index is 9.72. The number of anilines is 1. The normalized spacial score (nSPS) is 25.1. The van der Waals surface area contributed by atoms with Gasteiger partial charge in [0.05, 0.1) is 6.10 Å². The number of nitrogens with one attached hydrogen (secondary N) is 2. The fourth-order valence-electron chi connectivity index (χ4n) is 2.98. The molecule has 6 heteroatoms. The van der Waals surface area contributed by atoms with Gasteiger partial charge in [-0.3, -0.25) is 0 Å². The average molecular weight is 313 g/mol. The van der Waals surface area contributed by atoms with Crippen molar-refractivity contribution in [3.8, 4) is 0 Å². The number of rotatable bonds is 5. The number of halogens is 1. The Balaban J connectivity index is 0.00000161. The smallest absolute Gasteiger partial charge is 0.128 e. The lowest BCUT2D eigenvalue weighted by Gasteiger charge is -2.17. The number of β-amino-alcohol motifs (C(OH)–C–C–N with tert-alkyl or cyclic N) is 1. The molecule has 2 saturated heterocycles. The highest BCUT2D eigenvalue weighted by Gasteiger charge is 2.24. The average Bonchev–Trinajstić information content (AvgIpc) is 3.12. The molecule has 3 rings (SSSR count). The van der Waals surface area contributed by atoms with E-state index in [1.807, 2.05) is 6.20 Å². The molecule has 2 atom stereocenters. The molecule has 2 aliphatic heterocycles. The van der Waals surface area contributed by atoms with Gasteiger partial charge in [-0.15, -0.1) is 12.4 Å². The lowest BCUT2D eigenvalue weighted by atomic mass is 10.1. The summed E-state index contributed by atoms with van der Waals surface area (Å²) in [5.41, 5.74) is 1.20. The predicted octanol–water partition coefficient (Wildman–Crippen LogP) is 0.773. The van der Waals surface area contributed by atoms with Gasteiger partial charge in [0.15, 0.2) is 0 Å². The van der Waals surface area contributed by atoms with Crippen molar-refractivity contribution < 1.29 is 5.11 Å². The first-order valence-corrected chi connectivity index (χ1v) is 7.62. The van der Waals surface area contributed by atoms with Crippen LogP contribution in [0.25, 0.3) is 0 Å². The second-order valence-electron chi connectivity index (χ2n) is 5.84. The molecule has 0 aromatic carbocycles. The molecule has 0 bridgehead atoms. The molecule has 1 aromatic heterocycles. The van der Waals surface area contributed by atoms with Crippen molar-refractivity contribution in [2.24, 2.45) is 5.92 Å². The molecule has 2 aliphatic rings. The Morgan fingerprint density at radius 3 is 2.71 bits per heavy atom. The lowest BCUT2D eigenvalue weighted by molar-refractivity contribution is 0.146. The van der Waals surface area contributed by atoms with Crippen LogP contribution in [-0.4, -0.2) is 48.9 Å². The van der Waals surface area contributed by atoms with Gasteiger partial charge in [-0.25, -0.2) is 4.98 Å². The van der Waals surface area contributed by atoms with Crippen LogP contribution >= 0.6 is 12.4 Å². The SMILES string of the molecule is Cl.OC1CNCC1CNCc1ccc(N2CCCC2)nc1. The van der Waals surface area contributed by atoms with E-state index in [0.29, 0.717) is 5.92 Å². The van der Waals surface area contributed by atoms with E-state index in [-0.39, 0.29) is 18.5 Å². The number of hydrogen-bond donors (Lipinski definition) is 3. The summed E-state index contributed by atoms with van der Waals surface area (Å²) in [5.74, 6) is 1.42. The van der Waals surface area contributed by atoms with Gasteiger partial charge in [-0.1, -0.05) is 6.07 Å². The summed E-state index contributed by atoms with van der Waals surface area (Å²) in [7, 11) is 0. The van der Waals surface area contributed by atoms with Gasteiger partial charge in [-0.2, -0.15) is 0 Å². The summed E-state index contributed by atoms with van der Waals surface area (Å²) >= 11 is 0. The maximum atomic E-state index is 9.72. The van der Waals surface area contributed by atoms with Crippen molar-refractivity contribution in [2.45, 2.75) is 25.5 Å². The number of pyridine rings is 1. The van der Waals surface area contributed by atoms with Crippen LogP contribution in [0.3, 0.4) is 0 Å². The van der Waals surface area contributed by atoms with E-state index < -0.39 is 0 Å². The Labute approximate surface area is 132 Å². The van der Waals surface area contributed by atoms with Crippen molar-refractivity contribution in [3.63, 3.8) is 0 Å². The molecule has 5 nitrogen and oxygen atoms in total. The van der Waals surface area contributed by atoms with Gasteiger partial charge < -0.3 is 20.6 Å². The van der Waals surface area contributed by atoms with E-state index in [1.54, 1.807) is 0 Å². The van der Waals surface area contributed by atoms with Crippen molar-refractivity contribution in [1.82, 2.24) is 15.6 Å². The topological polar surface area (TPSA) is 60.4 Å². The van der Waals surface area contributed by atoms with Crippen LogP contribution in [0.4, 0.5) is 5.82 Å². The zero-order chi connectivity index (χ0) is 13.8. The van der Waals surface area contributed by atoms with E-state index in [2.05, 4.69) is 32.7 Å². The molecule has 2 unspecified atom stereocenters. The predicted molar refractivity (Wildman–Crippen MR) is 87.0 cm³/mol. The Kier molecular flexibility index (Phi) is 6.23. The summed E-state index contributed by atoms with van der Waals surface area (Å²) in [6, 6.07) is 4.27. The minimum atomic E-state index is -0.210. The van der Waals surface area contributed by atoms with Crippen molar-refractivity contribution in [3.05, 3.63) is 23.9 Å². The van der Waals surface area contributed by atoms with Crippen LogP contribution in [0.5, 0.6) is 0 Å². The summed E-state index contributed by atoms with van der Waals surface area (Å²) in [6.07, 6.45) is 4.31. The molecule has 2 fully saturated rings. The first-order valence-electron chi connectivity index (χ1n) is 7.62. The fraction of sp³-hybridized carbons (Fsp3) is 0.667. The van der Waals surface area contributed by atoms with E-state index in [1.165, 1.54) is 18.4 Å². The third-order valence-corrected chi connectivity index (χ3v) is 4.28. The van der Waals surface area contributed by atoms with Gasteiger partial charge in [0, 0.05) is 51.4 Å². The van der Waals surface area contributed by atoms with Crippen molar-refractivity contribution in [1.29, 1.82) is 0 Å². The Bertz CT molecular complexity index is 422. The Morgan fingerprint density at radius 1 is 1.29 bits per heavy atom. The third-order valence-electron chi connectivity index (χ3n) is 4.28. The number of aromatic nitrogens is 1. The monoisotopic (exact) mass is 312 g/mol. The second kappa shape index (κ2) is 7.94. The number of aliphatic hydroxyl groups excluding tert-OH is 1. The summed E-state index contributed by atoms with van der Waals surface area (Å²) in [5, 5.41) is 16.3. The molecule has 0 radical (unpaired) electrons. The van der Waals surface area contributed by atoms with Gasteiger partial charge in [0.2, 0.25) is 0 Å². The molecule has 0 spiro atoms. The standard InChI is InChI=1S/C15H24N4O.ClH/c20-14-11-17-10-13(14)9-16-7-12-3-4-15(18-8-12)19-5-1-2-6-19;/h3-4,8,13-14,16-17,20H,1-2,5-7,9-11H2;1H. The van der Waals surface area contributed by atoms with Crippen LogP contribution in [0, 0.1) is 5.92 Å². The van der Waals surface area contributed by atoms with Gasteiger partial charge in [0.25, 0.3) is 0 Å². The van der Waals surface area contributed by atoms with E-state index in [0.717, 1.165) is 45.1 Å². The molecular formula is C15H25ClN4O. The molecule has 3 heterocycles.